The van der Waals surface area contributed by atoms with Crippen molar-refractivity contribution in [1.82, 2.24) is 0 Å². The number of nitrogens with one attached hydrogen (secondary N) is 1. The van der Waals surface area contributed by atoms with Gasteiger partial charge in [-0.25, -0.2) is 8.42 Å². The van der Waals surface area contributed by atoms with Crippen molar-refractivity contribution in [3.8, 4) is 11.1 Å². The van der Waals surface area contributed by atoms with Gasteiger partial charge < -0.3 is 4.90 Å². The SMILES string of the molecule is CN1C(=O)Cc2cc(NS(=O)(=O)c3ccc(-c4ccccc4)cc3)ccc21. The van der Waals surface area contributed by atoms with Gasteiger partial charge in [-0.15, -0.1) is 0 Å². The Bertz CT molecular complexity index is 1110. The van der Waals surface area contributed by atoms with Gasteiger partial charge in [0.2, 0.25) is 5.91 Å². The predicted octanol–water partition coefficient (Wildman–Crippen LogP) is 3.67. The summed E-state index contributed by atoms with van der Waals surface area (Å²) in [5.74, 6) is 0.00140. The third-order valence-electron chi connectivity index (χ3n) is 4.68. The molecule has 27 heavy (non-hydrogen) atoms. The second-order valence-corrected chi connectivity index (χ2v) is 8.15. The van der Waals surface area contributed by atoms with Crippen LogP contribution in [0.5, 0.6) is 0 Å². The van der Waals surface area contributed by atoms with Gasteiger partial charge in [0.15, 0.2) is 0 Å². The summed E-state index contributed by atoms with van der Waals surface area (Å²) < 4.78 is 28.0. The highest BCUT2D eigenvalue weighted by Gasteiger charge is 2.24. The topological polar surface area (TPSA) is 66.5 Å². The van der Waals surface area contributed by atoms with Crippen LogP contribution < -0.4 is 9.62 Å². The number of amides is 1. The zero-order valence-electron chi connectivity index (χ0n) is 14.7. The van der Waals surface area contributed by atoms with E-state index in [0.29, 0.717) is 5.69 Å². The van der Waals surface area contributed by atoms with Crippen LogP contribution in [0.15, 0.2) is 77.7 Å². The molecule has 0 aromatic heterocycles. The van der Waals surface area contributed by atoms with Gasteiger partial charge in [0.1, 0.15) is 0 Å². The van der Waals surface area contributed by atoms with Gasteiger partial charge in [0, 0.05) is 18.4 Å². The summed E-state index contributed by atoms with van der Waals surface area (Å²) in [5.41, 5.74) is 4.07. The number of rotatable bonds is 4. The number of nitrogens with zero attached hydrogens (tertiary/aromatic N) is 1. The lowest BCUT2D eigenvalue weighted by Crippen LogP contribution is -2.20. The number of fused-ring (bicyclic) bond motifs is 1. The highest BCUT2D eigenvalue weighted by atomic mass is 32.2. The second-order valence-electron chi connectivity index (χ2n) is 6.47. The van der Waals surface area contributed by atoms with Gasteiger partial charge in [-0.1, -0.05) is 42.5 Å². The quantitative estimate of drug-likeness (QED) is 0.753. The molecule has 0 fully saturated rings. The minimum Gasteiger partial charge on any atom is -0.315 e. The molecule has 0 aliphatic carbocycles. The Kier molecular flexibility index (Phi) is 4.20. The molecule has 0 saturated heterocycles. The summed E-state index contributed by atoms with van der Waals surface area (Å²) in [6.45, 7) is 0. The van der Waals surface area contributed by atoms with E-state index in [-0.39, 0.29) is 17.2 Å². The average Bonchev–Trinajstić information content (AvgIpc) is 2.96. The lowest BCUT2D eigenvalue weighted by molar-refractivity contribution is -0.117. The van der Waals surface area contributed by atoms with E-state index in [4.69, 9.17) is 0 Å². The number of carbonyl (C=O) groups is 1. The summed E-state index contributed by atoms with van der Waals surface area (Å²) in [4.78, 5) is 13.6. The normalized spacial score (nSPS) is 13.5. The molecule has 0 atom stereocenters. The first-order valence-electron chi connectivity index (χ1n) is 8.52. The number of anilines is 2. The van der Waals surface area contributed by atoms with Gasteiger partial charge in [0.05, 0.1) is 11.3 Å². The Morgan fingerprint density at radius 1 is 0.889 bits per heavy atom. The molecule has 1 aliphatic heterocycles. The lowest BCUT2D eigenvalue weighted by Gasteiger charge is -2.12. The molecule has 1 amide bonds. The van der Waals surface area contributed by atoms with Crippen LogP contribution in [0.25, 0.3) is 11.1 Å². The first-order chi connectivity index (χ1) is 12.9. The highest BCUT2D eigenvalue weighted by molar-refractivity contribution is 7.92. The van der Waals surface area contributed by atoms with Crippen molar-refractivity contribution in [2.24, 2.45) is 0 Å². The number of sulfonamides is 1. The lowest BCUT2D eigenvalue weighted by atomic mass is 10.1. The Balaban J connectivity index is 1.58. The van der Waals surface area contributed by atoms with Crippen molar-refractivity contribution in [2.75, 3.05) is 16.7 Å². The smallest absolute Gasteiger partial charge is 0.261 e. The molecule has 0 saturated carbocycles. The second kappa shape index (κ2) is 6.55. The van der Waals surface area contributed by atoms with Gasteiger partial charge in [0.25, 0.3) is 10.0 Å². The van der Waals surface area contributed by atoms with Crippen LogP contribution in [0.2, 0.25) is 0 Å². The minimum absolute atomic E-state index is 0.00140. The molecule has 6 heteroatoms. The van der Waals surface area contributed by atoms with Crippen LogP contribution >= 0.6 is 0 Å². The van der Waals surface area contributed by atoms with Gasteiger partial charge in [-0.2, -0.15) is 0 Å². The summed E-state index contributed by atoms with van der Waals surface area (Å²) in [6, 6.07) is 21.7. The van der Waals surface area contributed by atoms with E-state index in [9.17, 15) is 13.2 Å². The number of benzene rings is 3. The monoisotopic (exact) mass is 378 g/mol. The van der Waals surface area contributed by atoms with Crippen LogP contribution in [0, 0.1) is 0 Å². The van der Waals surface area contributed by atoms with Crippen molar-refractivity contribution < 1.29 is 13.2 Å². The standard InChI is InChI=1S/C21H18N2O3S/c1-23-20-12-9-18(13-17(20)14-21(23)24)22-27(25,26)19-10-7-16(8-11-19)15-5-3-2-4-6-15/h2-13,22H,14H2,1H3. The number of likely N-dealkylation sites (N-methyl/N-ethyl adjacent to an activating group) is 1. The molecule has 3 aromatic carbocycles. The van der Waals surface area contributed by atoms with Crippen LogP contribution in [0.3, 0.4) is 0 Å². The van der Waals surface area contributed by atoms with Gasteiger partial charge in [-0.05, 0) is 47.0 Å². The van der Waals surface area contributed by atoms with Crippen LogP contribution in [-0.2, 0) is 21.2 Å². The maximum absolute atomic E-state index is 12.7. The Labute approximate surface area is 158 Å². The molecule has 1 N–H and O–H groups in total. The molecule has 1 aliphatic rings. The number of carbonyl (C=O) groups excluding carboxylic acids is 1. The molecule has 3 aromatic rings. The molecule has 0 bridgehead atoms. The molecular formula is C21H18N2O3S. The fourth-order valence-electron chi connectivity index (χ4n) is 3.20. The van der Waals surface area contributed by atoms with Crippen molar-refractivity contribution in [1.29, 1.82) is 0 Å². The number of hydrogen-bond acceptors (Lipinski definition) is 3. The van der Waals surface area contributed by atoms with E-state index in [2.05, 4.69) is 4.72 Å². The molecule has 0 unspecified atom stereocenters. The Hall–Kier alpha value is -3.12. The van der Waals surface area contributed by atoms with Crippen molar-refractivity contribution in [3.63, 3.8) is 0 Å². The molecular weight excluding hydrogens is 360 g/mol. The van der Waals surface area contributed by atoms with E-state index >= 15 is 0 Å². The minimum atomic E-state index is -3.71. The molecule has 0 spiro atoms. The van der Waals surface area contributed by atoms with Crippen molar-refractivity contribution >= 4 is 27.3 Å². The largest absolute Gasteiger partial charge is 0.315 e. The van der Waals surface area contributed by atoms with E-state index in [1.807, 2.05) is 30.3 Å². The maximum atomic E-state index is 12.7. The van der Waals surface area contributed by atoms with E-state index in [1.165, 1.54) is 0 Å². The van der Waals surface area contributed by atoms with Crippen LogP contribution in [-0.4, -0.2) is 21.4 Å². The average molecular weight is 378 g/mol. The molecule has 4 rings (SSSR count). The van der Waals surface area contributed by atoms with E-state index in [1.54, 1.807) is 54.4 Å². The Morgan fingerprint density at radius 2 is 1.56 bits per heavy atom. The molecule has 1 heterocycles. The van der Waals surface area contributed by atoms with E-state index < -0.39 is 10.0 Å². The van der Waals surface area contributed by atoms with E-state index in [0.717, 1.165) is 22.4 Å². The van der Waals surface area contributed by atoms with Gasteiger partial charge >= 0.3 is 0 Å². The summed E-state index contributed by atoms with van der Waals surface area (Å²) in [7, 11) is -1.99. The third kappa shape index (κ3) is 3.31. The Morgan fingerprint density at radius 3 is 2.26 bits per heavy atom. The first-order valence-corrected chi connectivity index (χ1v) is 10.0. The summed E-state index contributed by atoms with van der Waals surface area (Å²) in [5, 5.41) is 0. The molecule has 0 radical (unpaired) electrons. The maximum Gasteiger partial charge on any atom is 0.261 e. The first kappa shape index (κ1) is 17.3. The fourth-order valence-corrected chi connectivity index (χ4v) is 4.25. The van der Waals surface area contributed by atoms with Crippen LogP contribution in [0.4, 0.5) is 11.4 Å². The van der Waals surface area contributed by atoms with Crippen LogP contribution in [0.1, 0.15) is 5.56 Å². The summed E-state index contributed by atoms with van der Waals surface area (Å²) >= 11 is 0. The van der Waals surface area contributed by atoms with Crippen molar-refractivity contribution in [3.05, 3.63) is 78.4 Å². The fraction of sp³-hybridized carbons (Fsp3) is 0.0952. The molecule has 136 valence electrons. The highest BCUT2D eigenvalue weighted by Crippen LogP contribution is 2.31. The molecule has 5 nitrogen and oxygen atoms in total. The summed E-state index contributed by atoms with van der Waals surface area (Å²) in [6.07, 6.45) is 0.285. The van der Waals surface area contributed by atoms with Gasteiger partial charge in [-0.3, -0.25) is 9.52 Å². The zero-order chi connectivity index (χ0) is 19.0. The zero-order valence-corrected chi connectivity index (χ0v) is 15.5. The predicted molar refractivity (Wildman–Crippen MR) is 106 cm³/mol. The third-order valence-corrected chi connectivity index (χ3v) is 6.08. The number of hydrogen-bond donors (Lipinski definition) is 1. The van der Waals surface area contributed by atoms with Crippen molar-refractivity contribution in [2.45, 2.75) is 11.3 Å².